The number of aryl methyl sites for hydroxylation is 4. The maximum Gasteiger partial charge on any atom is 0.283 e. The number of hydrogen-bond acceptors (Lipinski definition) is 5. The van der Waals surface area contributed by atoms with E-state index >= 15 is 0 Å². The third-order valence-corrected chi connectivity index (χ3v) is 5.37. The highest BCUT2D eigenvalue weighted by Gasteiger charge is 2.22. The van der Waals surface area contributed by atoms with Gasteiger partial charge in [-0.25, -0.2) is 4.98 Å². The number of carbonyl (C=O) groups excluding carboxylic acids is 1. The van der Waals surface area contributed by atoms with Crippen LogP contribution >= 0.6 is 11.6 Å². The molecule has 0 saturated heterocycles. The molecule has 162 valence electrons. The second kappa shape index (κ2) is 8.05. The minimum absolute atomic E-state index is 0.0984. The van der Waals surface area contributed by atoms with Crippen molar-refractivity contribution in [2.24, 2.45) is 0 Å². The van der Waals surface area contributed by atoms with Crippen molar-refractivity contribution in [2.45, 2.75) is 27.7 Å². The van der Waals surface area contributed by atoms with E-state index in [1.807, 2.05) is 26.8 Å². The number of aromatic nitrogens is 3. The number of nitrogens with one attached hydrogen (secondary N) is 1. The number of nitrogens with zero attached hydrogens (tertiary/aromatic N) is 4. The van der Waals surface area contributed by atoms with Gasteiger partial charge in [0.25, 0.3) is 11.6 Å². The van der Waals surface area contributed by atoms with Crippen LogP contribution in [-0.4, -0.2) is 25.6 Å². The molecule has 32 heavy (non-hydrogen) atoms. The third kappa shape index (κ3) is 3.92. The number of hydrogen-bond donors (Lipinski definition) is 1. The van der Waals surface area contributed by atoms with Crippen LogP contribution in [0.3, 0.4) is 0 Å². The zero-order valence-corrected chi connectivity index (χ0v) is 18.7. The van der Waals surface area contributed by atoms with Crippen LogP contribution in [0.1, 0.15) is 32.7 Å². The number of halogens is 1. The number of pyridine rings is 1. The molecule has 0 aliphatic carbocycles. The molecule has 0 saturated carbocycles. The number of anilines is 1. The Balaban J connectivity index is 1.78. The average molecular weight is 450 g/mol. The lowest BCUT2D eigenvalue weighted by molar-refractivity contribution is -0.385. The van der Waals surface area contributed by atoms with Crippen LogP contribution in [0.2, 0.25) is 5.02 Å². The van der Waals surface area contributed by atoms with Gasteiger partial charge in [-0.1, -0.05) is 23.2 Å². The molecule has 2 aromatic heterocycles. The molecular formula is C23H20ClN5O3. The highest BCUT2D eigenvalue weighted by molar-refractivity contribution is 6.31. The van der Waals surface area contributed by atoms with E-state index in [-0.39, 0.29) is 16.3 Å². The first-order chi connectivity index (χ1) is 15.1. The quantitative estimate of drug-likeness (QED) is 0.328. The molecular weight excluding hydrogens is 430 g/mol. The van der Waals surface area contributed by atoms with Gasteiger partial charge in [-0.2, -0.15) is 9.78 Å². The molecule has 9 heteroatoms. The third-order valence-electron chi connectivity index (χ3n) is 5.13. The zero-order chi connectivity index (χ0) is 23.2. The van der Waals surface area contributed by atoms with Crippen molar-refractivity contribution in [1.82, 2.24) is 14.8 Å². The number of rotatable bonds is 4. The maximum absolute atomic E-state index is 12.9. The predicted molar refractivity (Wildman–Crippen MR) is 124 cm³/mol. The first-order valence-corrected chi connectivity index (χ1v) is 10.2. The van der Waals surface area contributed by atoms with Crippen LogP contribution in [0.15, 0.2) is 42.5 Å². The Hall–Kier alpha value is -3.78. The molecule has 0 aliphatic heterocycles. The smallest absolute Gasteiger partial charge is 0.283 e. The largest absolute Gasteiger partial charge is 0.306 e. The molecule has 1 N–H and O–H groups in total. The minimum Gasteiger partial charge on any atom is -0.306 e. The van der Waals surface area contributed by atoms with Gasteiger partial charge in [0, 0.05) is 22.5 Å². The normalized spacial score (nSPS) is 11.0. The van der Waals surface area contributed by atoms with E-state index in [0.717, 1.165) is 33.7 Å². The number of nitro benzene ring substituents is 1. The molecule has 0 bridgehead atoms. The van der Waals surface area contributed by atoms with E-state index in [2.05, 4.69) is 22.5 Å². The molecule has 0 atom stereocenters. The number of nitro groups is 1. The van der Waals surface area contributed by atoms with Crippen molar-refractivity contribution in [2.75, 3.05) is 5.32 Å². The molecule has 4 aromatic rings. The van der Waals surface area contributed by atoms with Gasteiger partial charge in [0.2, 0.25) is 0 Å². The van der Waals surface area contributed by atoms with Gasteiger partial charge in [-0.15, -0.1) is 0 Å². The number of benzene rings is 2. The highest BCUT2D eigenvalue weighted by Crippen LogP contribution is 2.27. The summed E-state index contributed by atoms with van der Waals surface area (Å²) in [6, 6.07) is 11.6. The Bertz CT molecular complexity index is 1410. The Morgan fingerprint density at radius 2 is 1.81 bits per heavy atom. The van der Waals surface area contributed by atoms with Crippen molar-refractivity contribution in [3.63, 3.8) is 0 Å². The summed E-state index contributed by atoms with van der Waals surface area (Å²) >= 11 is 5.86. The monoisotopic (exact) mass is 449 g/mol. The van der Waals surface area contributed by atoms with E-state index in [9.17, 15) is 14.9 Å². The van der Waals surface area contributed by atoms with Crippen molar-refractivity contribution in [3.05, 3.63) is 85.5 Å². The molecule has 2 heterocycles. The molecule has 1 amide bonds. The summed E-state index contributed by atoms with van der Waals surface area (Å²) in [5, 5.41) is 19.8. The fourth-order valence-electron chi connectivity index (χ4n) is 3.73. The Kier molecular flexibility index (Phi) is 5.40. The van der Waals surface area contributed by atoms with Crippen molar-refractivity contribution < 1.29 is 9.72 Å². The first kappa shape index (κ1) is 21.5. The van der Waals surface area contributed by atoms with Crippen LogP contribution in [-0.2, 0) is 0 Å². The van der Waals surface area contributed by atoms with E-state index < -0.39 is 10.8 Å². The van der Waals surface area contributed by atoms with Crippen molar-refractivity contribution in [3.8, 4) is 5.82 Å². The van der Waals surface area contributed by atoms with E-state index in [1.54, 1.807) is 13.0 Å². The fraction of sp³-hybridized carbons (Fsp3) is 0.174. The molecule has 0 fully saturated rings. The van der Waals surface area contributed by atoms with E-state index in [0.29, 0.717) is 17.3 Å². The summed E-state index contributed by atoms with van der Waals surface area (Å²) in [5.74, 6) is 0.252. The topological polar surface area (TPSA) is 103 Å². The molecule has 0 spiro atoms. The van der Waals surface area contributed by atoms with Gasteiger partial charge >= 0.3 is 0 Å². The second-order valence-corrected chi connectivity index (χ2v) is 8.17. The Morgan fingerprint density at radius 1 is 1.06 bits per heavy atom. The molecule has 8 nitrogen and oxygen atoms in total. The SMILES string of the molecule is Cc1cc(C)c2nc(-n3nc(C)cc3NC(=O)c3ccc(Cl)cc3[N+](=O)[O-])cc(C)c2c1. The fourth-order valence-corrected chi connectivity index (χ4v) is 3.90. The van der Waals surface area contributed by atoms with E-state index in [4.69, 9.17) is 16.6 Å². The highest BCUT2D eigenvalue weighted by atomic mass is 35.5. The Morgan fingerprint density at radius 3 is 2.53 bits per heavy atom. The Labute approximate surface area is 189 Å². The number of fused-ring (bicyclic) bond motifs is 1. The van der Waals surface area contributed by atoms with Gasteiger partial charge in [0.1, 0.15) is 11.4 Å². The predicted octanol–water partition coefficient (Wildman–Crippen LogP) is 5.47. The van der Waals surface area contributed by atoms with Gasteiger partial charge < -0.3 is 5.32 Å². The van der Waals surface area contributed by atoms with Crippen LogP contribution < -0.4 is 5.32 Å². The molecule has 0 radical (unpaired) electrons. The number of carbonyl (C=O) groups is 1. The summed E-state index contributed by atoms with van der Waals surface area (Å²) in [6.07, 6.45) is 0. The summed E-state index contributed by atoms with van der Waals surface area (Å²) in [4.78, 5) is 28.4. The van der Waals surface area contributed by atoms with Crippen molar-refractivity contribution >= 4 is 39.9 Å². The van der Waals surface area contributed by atoms with Gasteiger partial charge in [0.15, 0.2) is 5.82 Å². The van der Waals surface area contributed by atoms with Gasteiger partial charge in [0.05, 0.1) is 16.1 Å². The lowest BCUT2D eigenvalue weighted by atomic mass is 10.0. The summed E-state index contributed by atoms with van der Waals surface area (Å²) < 4.78 is 1.53. The van der Waals surface area contributed by atoms with Gasteiger partial charge in [-0.05, 0) is 63.1 Å². The van der Waals surface area contributed by atoms with Crippen molar-refractivity contribution in [1.29, 1.82) is 0 Å². The first-order valence-electron chi connectivity index (χ1n) is 9.85. The standard InChI is InChI=1S/C23H20ClN5O3/c1-12-7-14(3)22-18(8-12)13(2)9-20(25-22)28-21(10-15(4)27-28)26-23(30)17-6-5-16(24)11-19(17)29(31)32/h5-11H,1-4H3,(H,26,30). The van der Waals surface area contributed by atoms with Crippen LogP contribution in [0.5, 0.6) is 0 Å². The summed E-state index contributed by atoms with van der Waals surface area (Å²) in [6.45, 7) is 7.83. The van der Waals surface area contributed by atoms with Gasteiger partial charge in [-0.3, -0.25) is 14.9 Å². The van der Waals surface area contributed by atoms with Crippen LogP contribution in [0.4, 0.5) is 11.5 Å². The van der Waals surface area contributed by atoms with Crippen LogP contribution in [0, 0.1) is 37.8 Å². The maximum atomic E-state index is 12.9. The lowest BCUT2D eigenvalue weighted by Gasteiger charge is -2.12. The summed E-state index contributed by atoms with van der Waals surface area (Å²) in [5.41, 5.74) is 4.25. The number of amides is 1. The molecule has 2 aromatic carbocycles. The van der Waals surface area contributed by atoms with E-state index in [1.165, 1.54) is 16.8 Å². The minimum atomic E-state index is -0.640. The van der Waals surface area contributed by atoms with Crippen LogP contribution in [0.25, 0.3) is 16.7 Å². The zero-order valence-electron chi connectivity index (χ0n) is 17.9. The summed E-state index contributed by atoms with van der Waals surface area (Å²) in [7, 11) is 0. The lowest BCUT2D eigenvalue weighted by Crippen LogP contribution is -2.17. The molecule has 0 aliphatic rings. The average Bonchev–Trinajstić information content (AvgIpc) is 3.08. The molecule has 0 unspecified atom stereocenters. The second-order valence-electron chi connectivity index (χ2n) is 7.73. The molecule has 4 rings (SSSR count).